The Morgan fingerprint density at radius 1 is 1.29 bits per heavy atom. The van der Waals surface area contributed by atoms with E-state index in [0.717, 1.165) is 24.6 Å². The summed E-state index contributed by atoms with van der Waals surface area (Å²) in [4.78, 5) is 4.44. The van der Waals surface area contributed by atoms with Gasteiger partial charge in [0, 0.05) is 13.6 Å². The summed E-state index contributed by atoms with van der Waals surface area (Å²) in [5, 5.41) is 4.27. The van der Waals surface area contributed by atoms with E-state index in [0.29, 0.717) is 6.04 Å². The number of benzene rings is 1. The van der Waals surface area contributed by atoms with E-state index in [1.165, 1.54) is 30.4 Å². The van der Waals surface area contributed by atoms with Crippen LogP contribution in [0.15, 0.2) is 24.3 Å². The van der Waals surface area contributed by atoms with Crippen LogP contribution in [0.1, 0.15) is 36.4 Å². The largest absolute Gasteiger partial charge is 0.363 e. The average Bonchev–Trinajstić information content (AvgIpc) is 2.50. The van der Waals surface area contributed by atoms with Crippen LogP contribution >= 0.6 is 12.2 Å². The standard InChI is InChI=1S/C17H27N3S/c1-19(2)13-7-12-18-17(21)20(3)16-11-6-9-14-8-4-5-10-15(14)16/h4-5,8,10,16H,6-7,9,11-13H2,1-3H3,(H,18,21)/t16-/m0/s1. The van der Waals surface area contributed by atoms with Crippen LogP contribution in [-0.4, -0.2) is 49.1 Å². The fourth-order valence-corrected chi connectivity index (χ4v) is 3.22. The Labute approximate surface area is 134 Å². The predicted octanol–water partition coefficient (Wildman–Crippen LogP) is 2.82. The highest BCUT2D eigenvalue weighted by atomic mass is 32.1. The molecular formula is C17H27N3S. The van der Waals surface area contributed by atoms with E-state index in [4.69, 9.17) is 12.2 Å². The molecule has 0 saturated carbocycles. The van der Waals surface area contributed by atoms with E-state index in [1.807, 2.05) is 0 Å². The number of aryl methyl sites for hydroxylation is 1. The number of nitrogens with zero attached hydrogens (tertiary/aromatic N) is 2. The lowest BCUT2D eigenvalue weighted by molar-refractivity contribution is 0.326. The number of hydrogen-bond acceptors (Lipinski definition) is 2. The van der Waals surface area contributed by atoms with Gasteiger partial charge in [0.1, 0.15) is 0 Å². The molecule has 0 unspecified atom stereocenters. The highest BCUT2D eigenvalue weighted by molar-refractivity contribution is 7.80. The van der Waals surface area contributed by atoms with E-state index in [9.17, 15) is 0 Å². The Kier molecular flexibility index (Phi) is 6.00. The van der Waals surface area contributed by atoms with Gasteiger partial charge in [-0.3, -0.25) is 0 Å². The molecule has 116 valence electrons. The highest BCUT2D eigenvalue weighted by Crippen LogP contribution is 2.33. The zero-order valence-electron chi connectivity index (χ0n) is 13.4. The second-order valence-corrected chi connectivity index (χ2v) is 6.49. The first kappa shape index (κ1) is 16.2. The van der Waals surface area contributed by atoms with Gasteiger partial charge in [-0.2, -0.15) is 0 Å². The second-order valence-electron chi connectivity index (χ2n) is 6.11. The molecule has 0 bridgehead atoms. The summed E-state index contributed by atoms with van der Waals surface area (Å²) in [6.07, 6.45) is 4.74. The molecule has 21 heavy (non-hydrogen) atoms. The SMILES string of the molecule is CN(C)CCCNC(=S)N(C)[C@H]1CCCc2ccccc21. The fourth-order valence-electron chi connectivity index (χ4n) is 2.99. The van der Waals surface area contributed by atoms with Crippen molar-refractivity contribution < 1.29 is 0 Å². The normalized spacial score (nSPS) is 17.4. The molecule has 1 atom stereocenters. The summed E-state index contributed by atoms with van der Waals surface area (Å²) in [6.45, 7) is 2.03. The number of rotatable bonds is 5. The third kappa shape index (κ3) is 4.42. The zero-order chi connectivity index (χ0) is 15.2. The van der Waals surface area contributed by atoms with Gasteiger partial charge in [0.25, 0.3) is 0 Å². The number of thiocarbonyl (C=S) groups is 1. The van der Waals surface area contributed by atoms with Gasteiger partial charge in [0.05, 0.1) is 6.04 Å². The van der Waals surface area contributed by atoms with Crippen LogP contribution in [0.5, 0.6) is 0 Å². The minimum atomic E-state index is 0.420. The molecule has 3 nitrogen and oxygen atoms in total. The maximum absolute atomic E-state index is 5.57. The molecule has 1 aromatic rings. The molecule has 1 aliphatic rings. The van der Waals surface area contributed by atoms with Crippen molar-refractivity contribution in [1.82, 2.24) is 15.1 Å². The van der Waals surface area contributed by atoms with Gasteiger partial charge >= 0.3 is 0 Å². The van der Waals surface area contributed by atoms with Crippen LogP contribution in [0.2, 0.25) is 0 Å². The van der Waals surface area contributed by atoms with E-state index < -0.39 is 0 Å². The molecule has 0 aromatic heterocycles. The quantitative estimate of drug-likeness (QED) is 0.666. The van der Waals surface area contributed by atoms with Crippen LogP contribution < -0.4 is 5.32 Å². The molecule has 0 aliphatic heterocycles. The Balaban J connectivity index is 1.91. The van der Waals surface area contributed by atoms with Gasteiger partial charge in [-0.05, 0) is 69.7 Å². The van der Waals surface area contributed by atoms with E-state index >= 15 is 0 Å². The molecule has 2 rings (SSSR count). The van der Waals surface area contributed by atoms with E-state index in [2.05, 4.69) is 60.5 Å². The minimum Gasteiger partial charge on any atom is -0.363 e. The van der Waals surface area contributed by atoms with Crippen LogP contribution in [-0.2, 0) is 6.42 Å². The minimum absolute atomic E-state index is 0.420. The Hall–Kier alpha value is -1.13. The van der Waals surface area contributed by atoms with Gasteiger partial charge in [-0.1, -0.05) is 24.3 Å². The van der Waals surface area contributed by atoms with Crippen LogP contribution in [0.25, 0.3) is 0 Å². The van der Waals surface area contributed by atoms with Crippen molar-refractivity contribution in [3.05, 3.63) is 35.4 Å². The van der Waals surface area contributed by atoms with Gasteiger partial charge in [-0.15, -0.1) is 0 Å². The molecule has 0 amide bonds. The molecule has 0 fully saturated rings. The van der Waals surface area contributed by atoms with Gasteiger partial charge in [-0.25, -0.2) is 0 Å². The maximum atomic E-state index is 5.57. The third-order valence-corrected chi connectivity index (χ3v) is 4.62. The summed E-state index contributed by atoms with van der Waals surface area (Å²) in [6, 6.07) is 9.20. The number of nitrogens with one attached hydrogen (secondary N) is 1. The summed E-state index contributed by atoms with van der Waals surface area (Å²) in [7, 11) is 6.32. The Morgan fingerprint density at radius 2 is 2.05 bits per heavy atom. The summed E-state index contributed by atoms with van der Waals surface area (Å²) < 4.78 is 0. The van der Waals surface area contributed by atoms with Gasteiger partial charge in [0.15, 0.2) is 5.11 Å². The van der Waals surface area contributed by atoms with Crippen molar-refractivity contribution in [2.24, 2.45) is 0 Å². The topological polar surface area (TPSA) is 18.5 Å². The smallest absolute Gasteiger partial charge is 0.169 e. The first-order valence-electron chi connectivity index (χ1n) is 7.83. The predicted molar refractivity (Wildman–Crippen MR) is 93.7 cm³/mol. The van der Waals surface area contributed by atoms with Gasteiger partial charge in [0.2, 0.25) is 0 Å². The number of hydrogen-bond donors (Lipinski definition) is 1. The molecule has 0 radical (unpaired) electrons. The highest BCUT2D eigenvalue weighted by Gasteiger charge is 2.24. The lowest BCUT2D eigenvalue weighted by Gasteiger charge is -2.35. The molecule has 1 aromatic carbocycles. The fraction of sp³-hybridized carbons (Fsp3) is 0.588. The monoisotopic (exact) mass is 305 g/mol. The summed E-state index contributed by atoms with van der Waals surface area (Å²) >= 11 is 5.57. The van der Waals surface area contributed by atoms with E-state index in [1.54, 1.807) is 0 Å². The van der Waals surface area contributed by atoms with Crippen LogP contribution in [0.3, 0.4) is 0 Å². The molecular weight excluding hydrogens is 278 g/mol. The molecule has 4 heteroatoms. The van der Waals surface area contributed by atoms with Crippen LogP contribution in [0.4, 0.5) is 0 Å². The molecule has 0 spiro atoms. The molecule has 0 heterocycles. The van der Waals surface area contributed by atoms with Crippen molar-refractivity contribution in [2.75, 3.05) is 34.2 Å². The Bertz CT molecular complexity index is 473. The van der Waals surface area contributed by atoms with Crippen LogP contribution in [0, 0.1) is 0 Å². The Morgan fingerprint density at radius 3 is 2.81 bits per heavy atom. The van der Waals surface area contributed by atoms with E-state index in [-0.39, 0.29) is 0 Å². The zero-order valence-corrected chi connectivity index (χ0v) is 14.2. The maximum Gasteiger partial charge on any atom is 0.169 e. The first-order valence-corrected chi connectivity index (χ1v) is 8.23. The first-order chi connectivity index (χ1) is 10.1. The van der Waals surface area contributed by atoms with Crippen molar-refractivity contribution in [2.45, 2.75) is 31.7 Å². The van der Waals surface area contributed by atoms with Crippen molar-refractivity contribution in [1.29, 1.82) is 0 Å². The second kappa shape index (κ2) is 7.76. The summed E-state index contributed by atoms with van der Waals surface area (Å²) in [5.41, 5.74) is 2.93. The lowest BCUT2D eigenvalue weighted by atomic mass is 9.87. The molecule has 1 aliphatic carbocycles. The van der Waals surface area contributed by atoms with Crippen molar-refractivity contribution in [3.8, 4) is 0 Å². The van der Waals surface area contributed by atoms with Crippen molar-refractivity contribution in [3.63, 3.8) is 0 Å². The molecule has 0 saturated heterocycles. The lowest BCUT2D eigenvalue weighted by Crippen LogP contribution is -2.41. The van der Waals surface area contributed by atoms with Gasteiger partial charge < -0.3 is 15.1 Å². The average molecular weight is 305 g/mol. The summed E-state index contributed by atoms with van der Waals surface area (Å²) in [5.74, 6) is 0. The number of fused-ring (bicyclic) bond motifs is 1. The molecule has 1 N–H and O–H groups in total. The van der Waals surface area contributed by atoms with Crippen molar-refractivity contribution >= 4 is 17.3 Å². The third-order valence-electron chi connectivity index (χ3n) is 4.18.